The predicted molar refractivity (Wildman–Crippen MR) is 124 cm³/mol. The highest BCUT2D eigenvalue weighted by atomic mass is 32.2. The Morgan fingerprint density at radius 2 is 2.10 bits per heavy atom. The van der Waals surface area contributed by atoms with Crippen molar-refractivity contribution in [1.82, 2.24) is 14.6 Å². The van der Waals surface area contributed by atoms with E-state index < -0.39 is 0 Å². The average Bonchev–Trinajstić information content (AvgIpc) is 3.27. The molecule has 1 aliphatic rings. The fraction of sp³-hybridized carbons (Fsp3) is 0.609. The van der Waals surface area contributed by atoms with Gasteiger partial charge in [0, 0.05) is 40.6 Å². The molecule has 1 aliphatic heterocycles. The van der Waals surface area contributed by atoms with Crippen molar-refractivity contribution >= 4 is 23.3 Å². The van der Waals surface area contributed by atoms with Gasteiger partial charge in [-0.3, -0.25) is 14.6 Å². The van der Waals surface area contributed by atoms with Crippen molar-refractivity contribution in [3.63, 3.8) is 0 Å². The number of nitrogens with one attached hydrogen (secondary N) is 1. The van der Waals surface area contributed by atoms with Crippen molar-refractivity contribution < 1.29 is 4.39 Å². The first-order valence-electron chi connectivity index (χ1n) is 10.5. The molecule has 3 rings (SSSR count). The predicted octanol–water partition coefficient (Wildman–Crippen LogP) is 5.80. The van der Waals surface area contributed by atoms with Crippen LogP contribution >= 0.6 is 23.3 Å². The Balaban J connectivity index is 1.72. The van der Waals surface area contributed by atoms with Crippen LogP contribution in [0.5, 0.6) is 0 Å². The highest BCUT2D eigenvalue weighted by Crippen LogP contribution is 2.41. The minimum atomic E-state index is -0.0800. The van der Waals surface area contributed by atoms with E-state index in [1.54, 1.807) is 6.07 Å². The number of halogens is 1. The smallest absolute Gasteiger partial charge is 0.176 e. The Morgan fingerprint density at radius 1 is 1.31 bits per heavy atom. The fourth-order valence-electron chi connectivity index (χ4n) is 4.10. The molecule has 0 aromatic carbocycles. The average molecular weight is 436 g/mol. The van der Waals surface area contributed by atoms with Gasteiger partial charge in [-0.2, -0.15) is 4.39 Å². The molecule has 160 valence electrons. The maximum Gasteiger partial charge on any atom is 0.176 e. The van der Waals surface area contributed by atoms with Gasteiger partial charge in [-0.15, -0.1) is 11.3 Å². The van der Waals surface area contributed by atoms with E-state index in [2.05, 4.69) is 54.4 Å². The minimum absolute atomic E-state index is 0.0529. The first-order chi connectivity index (χ1) is 13.7. The van der Waals surface area contributed by atoms with Gasteiger partial charge in [0.1, 0.15) is 0 Å². The van der Waals surface area contributed by atoms with Crippen LogP contribution in [0.3, 0.4) is 0 Å². The van der Waals surface area contributed by atoms with E-state index >= 15 is 0 Å². The zero-order valence-corrected chi connectivity index (χ0v) is 19.9. The molecular formula is C23H34FN3S2. The highest BCUT2D eigenvalue weighted by molar-refractivity contribution is 7.97. The highest BCUT2D eigenvalue weighted by Gasteiger charge is 2.43. The van der Waals surface area contributed by atoms with Gasteiger partial charge in [0.2, 0.25) is 0 Å². The second-order valence-electron chi connectivity index (χ2n) is 9.11. The van der Waals surface area contributed by atoms with E-state index in [1.165, 1.54) is 16.9 Å². The molecule has 0 bridgehead atoms. The largest absolute Gasteiger partial charge is 0.293 e. The number of rotatable bonds is 9. The number of hydrogen-bond donors (Lipinski definition) is 1. The Bertz CT molecular complexity index is 788. The molecule has 0 radical (unpaired) electrons. The number of aromatic nitrogens is 1. The number of hydrogen-bond acceptors (Lipinski definition) is 5. The summed E-state index contributed by atoms with van der Waals surface area (Å²) in [6, 6.07) is 7.85. The van der Waals surface area contributed by atoms with E-state index in [4.69, 9.17) is 0 Å². The van der Waals surface area contributed by atoms with Crippen molar-refractivity contribution in [3.05, 3.63) is 51.7 Å². The van der Waals surface area contributed by atoms with E-state index in [-0.39, 0.29) is 16.1 Å². The van der Waals surface area contributed by atoms with Gasteiger partial charge in [0.05, 0.1) is 0 Å². The van der Waals surface area contributed by atoms with Gasteiger partial charge in [0.25, 0.3) is 0 Å². The molecule has 1 N–H and O–H groups in total. The lowest BCUT2D eigenvalue weighted by Crippen LogP contribution is -2.43. The summed E-state index contributed by atoms with van der Waals surface area (Å²) in [7, 11) is 0. The fourth-order valence-corrected chi connectivity index (χ4v) is 5.55. The van der Waals surface area contributed by atoms with Crippen LogP contribution in [0.15, 0.2) is 30.5 Å². The first-order valence-corrected chi connectivity index (χ1v) is 12.2. The summed E-state index contributed by atoms with van der Waals surface area (Å²) in [5, 5.41) is 0.481. The summed E-state index contributed by atoms with van der Waals surface area (Å²) in [4.78, 5) is 8.28. The lowest BCUT2D eigenvalue weighted by atomic mass is 9.82. The molecule has 0 amide bonds. The molecule has 1 unspecified atom stereocenters. The lowest BCUT2D eigenvalue weighted by Gasteiger charge is -2.38. The van der Waals surface area contributed by atoms with Gasteiger partial charge >= 0.3 is 0 Å². The van der Waals surface area contributed by atoms with Crippen LogP contribution in [-0.4, -0.2) is 34.8 Å². The van der Waals surface area contributed by atoms with Gasteiger partial charge in [-0.25, -0.2) is 0 Å². The number of likely N-dealkylation sites (tertiary alicyclic amines) is 1. The van der Waals surface area contributed by atoms with Crippen LogP contribution in [0.25, 0.3) is 0 Å². The summed E-state index contributed by atoms with van der Waals surface area (Å²) in [5.74, 6) is 0. The summed E-state index contributed by atoms with van der Waals surface area (Å²) < 4.78 is 17.1. The Hall–Kier alpha value is -0.950. The van der Waals surface area contributed by atoms with E-state index in [9.17, 15) is 4.39 Å². The van der Waals surface area contributed by atoms with Crippen LogP contribution in [-0.2, 0) is 12.0 Å². The van der Waals surface area contributed by atoms with Crippen LogP contribution in [0.4, 0.5) is 4.39 Å². The Labute approximate surface area is 183 Å². The molecule has 0 spiro atoms. The molecule has 29 heavy (non-hydrogen) atoms. The van der Waals surface area contributed by atoms with Crippen molar-refractivity contribution in [2.45, 2.75) is 64.7 Å². The zero-order chi connectivity index (χ0) is 21.1. The molecular weight excluding hydrogens is 401 g/mol. The second-order valence-corrected chi connectivity index (χ2v) is 11.7. The Kier molecular flexibility index (Phi) is 7.41. The number of aryl methyl sites for hydroxylation is 2. The van der Waals surface area contributed by atoms with E-state index in [1.807, 2.05) is 31.1 Å². The third-order valence-corrected chi connectivity index (χ3v) is 7.86. The third-order valence-electron chi connectivity index (χ3n) is 6.14. The van der Waals surface area contributed by atoms with Crippen LogP contribution in [0.1, 0.15) is 56.7 Å². The third kappa shape index (κ3) is 5.81. The van der Waals surface area contributed by atoms with E-state index in [0.29, 0.717) is 5.25 Å². The maximum atomic E-state index is 13.4. The number of pyridine rings is 1. The Morgan fingerprint density at radius 3 is 2.72 bits per heavy atom. The van der Waals surface area contributed by atoms with Gasteiger partial charge < -0.3 is 0 Å². The van der Waals surface area contributed by atoms with Crippen molar-refractivity contribution in [3.8, 4) is 0 Å². The lowest BCUT2D eigenvalue weighted by molar-refractivity contribution is 0.129. The van der Waals surface area contributed by atoms with Crippen molar-refractivity contribution in [2.75, 3.05) is 19.6 Å². The SMILES string of the molecule is Cc1ccc(C(C)(C)N2CCC(CCc3ccc(F)s3)(CNSC(C)C)C2)cn1. The quantitative estimate of drug-likeness (QED) is 0.504. The molecule has 0 saturated carbocycles. The molecule has 2 aromatic heterocycles. The summed E-state index contributed by atoms with van der Waals surface area (Å²) in [6.07, 6.45) is 5.21. The molecule has 3 nitrogen and oxygen atoms in total. The minimum Gasteiger partial charge on any atom is -0.293 e. The summed E-state index contributed by atoms with van der Waals surface area (Å²) >= 11 is 3.10. The molecule has 2 aromatic rings. The first kappa shape index (κ1) is 22.7. The monoisotopic (exact) mass is 435 g/mol. The molecule has 1 atom stereocenters. The van der Waals surface area contributed by atoms with Crippen molar-refractivity contribution in [1.29, 1.82) is 0 Å². The van der Waals surface area contributed by atoms with Gasteiger partial charge in [-0.05, 0) is 75.8 Å². The number of thiophene rings is 1. The molecule has 6 heteroatoms. The molecule has 3 heterocycles. The number of nitrogens with zero attached hydrogens (tertiary/aromatic N) is 2. The van der Waals surface area contributed by atoms with Gasteiger partial charge in [0.15, 0.2) is 5.13 Å². The maximum absolute atomic E-state index is 13.4. The molecule has 1 fully saturated rings. The standard InChI is InChI=1S/C23H34FN3S2/c1-17(2)29-26-15-23(11-10-20-8-9-21(24)28-20)12-13-27(16-23)22(4,5)19-7-6-18(3)25-14-19/h6-9,14,17,26H,10-13,15-16H2,1-5H3. The zero-order valence-electron chi connectivity index (χ0n) is 18.3. The second kappa shape index (κ2) is 9.46. The molecule has 1 saturated heterocycles. The summed E-state index contributed by atoms with van der Waals surface area (Å²) in [5.41, 5.74) is 2.47. The van der Waals surface area contributed by atoms with Gasteiger partial charge in [-0.1, -0.05) is 31.9 Å². The topological polar surface area (TPSA) is 28.2 Å². The van der Waals surface area contributed by atoms with Crippen molar-refractivity contribution in [2.24, 2.45) is 5.41 Å². The van der Waals surface area contributed by atoms with Crippen LogP contribution < -0.4 is 4.72 Å². The molecule has 0 aliphatic carbocycles. The normalized spacial score (nSPS) is 20.7. The van der Waals surface area contributed by atoms with Crippen LogP contribution in [0.2, 0.25) is 0 Å². The van der Waals surface area contributed by atoms with E-state index in [0.717, 1.165) is 49.5 Å². The van der Waals surface area contributed by atoms with Crippen LogP contribution in [0, 0.1) is 17.5 Å². The summed E-state index contributed by atoms with van der Waals surface area (Å²) in [6.45, 7) is 14.2.